The molecule has 0 radical (unpaired) electrons. The number of benzene rings is 2. The molecule has 2 heterocycles. The van der Waals surface area contributed by atoms with E-state index in [0.29, 0.717) is 4.90 Å². The van der Waals surface area contributed by atoms with Crippen molar-refractivity contribution in [2.75, 3.05) is 0 Å². The molecule has 0 saturated carbocycles. The summed E-state index contributed by atoms with van der Waals surface area (Å²) in [6.07, 6.45) is 0. The third kappa shape index (κ3) is 1.74. The second-order valence-electron chi connectivity index (χ2n) is 4.74. The molecule has 0 aliphatic rings. The van der Waals surface area contributed by atoms with Gasteiger partial charge in [0, 0.05) is 10.8 Å². The van der Waals surface area contributed by atoms with Gasteiger partial charge in [0.05, 0.1) is 10.4 Å². The van der Waals surface area contributed by atoms with E-state index in [2.05, 4.69) is 0 Å². The number of rotatable bonds is 2. The van der Waals surface area contributed by atoms with Crippen molar-refractivity contribution in [2.45, 2.75) is 4.90 Å². The smallest absolute Gasteiger partial charge is 0.224 e. The summed E-state index contributed by atoms with van der Waals surface area (Å²) in [6, 6.07) is 18.1. The summed E-state index contributed by atoms with van der Waals surface area (Å²) < 4.78 is 27.4. The van der Waals surface area contributed by atoms with Crippen molar-refractivity contribution in [1.82, 2.24) is 3.97 Å². The molecule has 0 amide bonds. The van der Waals surface area contributed by atoms with Crippen LogP contribution in [0.15, 0.2) is 70.9 Å². The van der Waals surface area contributed by atoms with Crippen LogP contribution in [0, 0.1) is 0 Å². The lowest BCUT2D eigenvalue weighted by Crippen LogP contribution is -2.11. The predicted molar refractivity (Wildman–Crippen MR) is 86.3 cm³/mol. The van der Waals surface area contributed by atoms with Crippen molar-refractivity contribution < 1.29 is 8.42 Å². The van der Waals surface area contributed by atoms with Crippen LogP contribution in [0.4, 0.5) is 0 Å². The lowest BCUT2D eigenvalue weighted by atomic mass is 10.2. The van der Waals surface area contributed by atoms with Gasteiger partial charge in [-0.25, -0.2) is 12.4 Å². The average molecular weight is 313 g/mol. The van der Waals surface area contributed by atoms with Crippen molar-refractivity contribution in [3.63, 3.8) is 0 Å². The predicted octanol–water partition coefficient (Wildman–Crippen LogP) is 4.09. The van der Waals surface area contributed by atoms with E-state index in [1.807, 2.05) is 41.8 Å². The molecule has 0 fully saturated rings. The first-order valence-electron chi connectivity index (χ1n) is 6.47. The number of hydrogen-bond donors (Lipinski definition) is 0. The highest BCUT2D eigenvalue weighted by atomic mass is 32.2. The SMILES string of the molecule is O=S(=O)(c1ccccc1)n1c2ccccc2c2ccsc21. The van der Waals surface area contributed by atoms with Crippen LogP contribution in [0.5, 0.6) is 0 Å². The van der Waals surface area contributed by atoms with E-state index in [1.165, 1.54) is 15.3 Å². The Labute approximate surface area is 126 Å². The molecule has 2 aromatic carbocycles. The van der Waals surface area contributed by atoms with Crippen molar-refractivity contribution in [3.05, 3.63) is 66.0 Å². The van der Waals surface area contributed by atoms with Crippen LogP contribution in [0.1, 0.15) is 0 Å². The highest BCUT2D eigenvalue weighted by molar-refractivity contribution is 7.90. The van der Waals surface area contributed by atoms with Gasteiger partial charge in [0.2, 0.25) is 0 Å². The molecule has 4 rings (SSSR count). The Kier molecular flexibility index (Phi) is 2.67. The molecule has 0 aliphatic heterocycles. The minimum absolute atomic E-state index is 0.307. The summed E-state index contributed by atoms with van der Waals surface area (Å²) in [4.78, 5) is 1.07. The zero-order valence-electron chi connectivity index (χ0n) is 10.9. The average Bonchev–Trinajstić information content (AvgIpc) is 3.08. The van der Waals surface area contributed by atoms with E-state index in [-0.39, 0.29) is 0 Å². The van der Waals surface area contributed by atoms with E-state index in [0.717, 1.165) is 21.1 Å². The van der Waals surface area contributed by atoms with Gasteiger partial charge in [-0.15, -0.1) is 11.3 Å². The number of hydrogen-bond acceptors (Lipinski definition) is 3. The molecular weight excluding hydrogens is 302 g/mol. The largest absolute Gasteiger partial charge is 0.269 e. The maximum absolute atomic E-state index is 13.0. The van der Waals surface area contributed by atoms with Gasteiger partial charge in [0.1, 0.15) is 4.83 Å². The quantitative estimate of drug-likeness (QED) is 0.559. The number of para-hydroxylation sites is 1. The molecule has 0 unspecified atom stereocenters. The first kappa shape index (κ1) is 12.6. The molecule has 3 nitrogen and oxygen atoms in total. The van der Waals surface area contributed by atoms with Crippen LogP contribution < -0.4 is 0 Å². The zero-order chi connectivity index (χ0) is 14.4. The van der Waals surface area contributed by atoms with E-state index < -0.39 is 10.0 Å². The molecule has 21 heavy (non-hydrogen) atoms. The summed E-state index contributed by atoms with van der Waals surface area (Å²) in [5.41, 5.74) is 0.725. The molecule has 104 valence electrons. The Balaban J connectivity index is 2.16. The fourth-order valence-corrected chi connectivity index (χ4v) is 5.29. The van der Waals surface area contributed by atoms with Crippen molar-refractivity contribution in [2.24, 2.45) is 0 Å². The Hall–Kier alpha value is -2.11. The van der Waals surface area contributed by atoms with E-state index in [1.54, 1.807) is 24.3 Å². The maximum atomic E-state index is 13.0. The summed E-state index contributed by atoms with van der Waals surface area (Å²) in [7, 11) is -3.59. The van der Waals surface area contributed by atoms with Gasteiger partial charge >= 0.3 is 0 Å². The lowest BCUT2D eigenvalue weighted by molar-refractivity contribution is 0.590. The molecule has 0 aliphatic carbocycles. The van der Waals surface area contributed by atoms with Crippen LogP contribution >= 0.6 is 11.3 Å². The third-order valence-electron chi connectivity index (χ3n) is 3.52. The highest BCUT2D eigenvalue weighted by Crippen LogP contribution is 2.35. The Morgan fingerprint density at radius 2 is 1.52 bits per heavy atom. The van der Waals surface area contributed by atoms with Crippen LogP contribution in [-0.2, 0) is 10.0 Å². The topological polar surface area (TPSA) is 39.1 Å². The van der Waals surface area contributed by atoms with Crippen LogP contribution in [-0.4, -0.2) is 12.4 Å². The Morgan fingerprint density at radius 1 is 0.810 bits per heavy atom. The Morgan fingerprint density at radius 3 is 2.33 bits per heavy atom. The summed E-state index contributed by atoms with van der Waals surface area (Å²) >= 11 is 1.45. The van der Waals surface area contributed by atoms with Crippen molar-refractivity contribution >= 4 is 42.5 Å². The molecule has 0 N–H and O–H groups in total. The lowest BCUT2D eigenvalue weighted by Gasteiger charge is -2.08. The van der Waals surface area contributed by atoms with Crippen LogP contribution in [0.2, 0.25) is 0 Å². The molecule has 0 saturated heterocycles. The van der Waals surface area contributed by atoms with Gasteiger partial charge < -0.3 is 0 Å². The summed E-state index contributed by atoms with van der Waals surface area (Å²) in [5, 5.41) is 3.87. The van der Waals surface area contributed by atoms with Gasteiger partial charge in [-0.1, -0.05) is 36.4 Å². The van der Waals surface area contributed by atoms with Gasteiger partial charge in [-0.2, -0.15) is 0 Å². The highest BCUT2D eigenvalue weighted by Gasteiger charge is 2.23. The second kappa shape index (κ2) is 4.44. The molecule has 0 spiro atoms. The zero-order valence-corrected chi connectivity index (χ0v) is 12.6. The normalized spacial score (nSPS) is 12.2. The first-order chi connectivity index (χ1) is 10.2. The molecule has 4 aromatic rings. The fourth-order valence-electron chi connectivity index (χ4n) is 2.59. The van der Waals surface area contributed by atoms with Gasteiger partial charge in [0.25, 0.3) is 10.0 Å². The number of aromatic nitrogens is 1. The van der Waals surface area contributed by atoms with E-state index in [9.17, 15) is 8.42 Å². The van der Waals surface area contributed by atoms with E-state index >= 15 is 0 Å². The van der Waals surface area contributed by atoms with Gasteiger partial charge in [-0.3, -0.25) is 0 Å². The molecule has 0 bridgehead atoms. The molecule has 0 atom stereocenters. The fraction of sp³-hybridized carbons (Fsp3) is 0. The van der Waals surface area contributed by atoms with Crippen molar-refractivity contribution in [1.29, 1.82) is 0 Å². The maximum Gasteiger partial charge on any atom is 0.269 e. The molecular formula is C16H11NO2S2. The third-order valence-corrected chi connectivity index (χ3v) is 6.27. The van der Waals surface area contributed by atoms with Crippen molar-refractivity contribution in [3.8, 4) is 0 Å². The monoisotopic (exact) mass is 313 g/mol. The standard InChI is InChI=1S/C16H11NO2S2/c18-21(19,12-6-2-1-3-7-12)17-15-9-5-4-8-13(15)14-10-11-20-16(14)17/h1-11H. The minimum atomic E-state index is -3.59. The van der Waals surface area contributed by atoms with Crippen LogP contribution in [0.25, 0.3) is 21.1 Å². The van der Waals surface area contributed by atoms with Gasteiger partial charge in [-0.05, 0) is 29.6 Å². The first-order valence-corrected chi connectivity index (χ1v) is 8.79. The number of nitrogens with zero attached hydrogens (tertiary/aromatic N) is 1. The summed E-state index contributed by atoms with van der Waals surface area (Å²) in [6.45, 7) is 0. The van der Waals surface area contributed by atoms with E-state index in [4.69, 9.17) is 0 Å². The van der Waals surface area contributed by atoms with Gasteiger partial charge in [0.15, 0.2) is 0 Å². The van der Waals surface area contributed by atoms with Crippen LogP contribution in [0.3, 0.4) is 0 Å². The molecule has 5 heteroatoms. The summed E-state index contributed by atoms with van der Waals surface area (Å²) in [5.74, 6) is 0. The Bertz CT molecular complexity index is 1040. The number of fused-ring (bicyclic) bond motifs is 3. The molecule has 2 aromatic heterocycles. The second-order valence-corrected chi connectivity index (χ2v) is 7.42. The minimum Gasteiger partial charge on any atom is -0.224 e. The number of thiophene rings is 1.